The highest BCUT2D eigenvalue weighted by atomic mass is 32.2. The van der Waals surface area contributed by atoms with E-state index in [0.717, 1.165) is 25.8 Å². The molecule has 0 aliphatic heterocycles. The average molecular weight is 296 g/mol. The van der Waals surface area contributed by atoms with E-state index in [0.29, 0.717) is 17.4 Å². The first-order valence-electron chi connectivity index (χ1n) is 6.60. The van der Waals surface area contributed by atoms with Crippen LogP contribution in [-0.2, 0) is 10.0 Å². The Balaban J connectivity index is 2.14. The highest BCUT2D eigenvalue weighted by molar-refractivity contribution is 7.89. The molecule has 1 aliphatic carbocycles. The fraction of sp³-hybridized carbons (Fsp3) is 0.429. The van der Waals surface area contributed by atoms with Crippen molar-refractivity contribution >= 4 is 15.7 Å². The number of benzene rings is 1. The Kier molecular flexibility index (Phi) is 4.67. The Bertz CT molecular complexity index is 596. The molecule has 6 heteroatoms. The fourth-order valence-electron chi connectivity index (χ4n) is 2.30. The van der Waals surface area contributed by atoms with Crippen molar-refractivity contribution in [3.8, 4) is 5.75 Å². The Morgan fingerprint density at radius 3 is 2.80 bits per heavy atom. The van der Waals surface area contributed by atoms with Gasteiger partial charge in [0.15, 0.2) is 0 Å². The van der Waals surface area contributed by atoms with Crippen molar-refractivity contribution in [2.75, 3.05) is 19.0 Å². The lowest BCUT2D eigenvalue weighted by Crippen LogP contribution is -2.17. The number of hydrogen-bond acceptors (Lipinski definition) is 4. The summed E-state index contributed by atoms with van der Waals surface area (Å²) in [5.74, 6) is 1.17. The third-order valence-corrected chi connectivity index (χ3v) is 4.37. The van der Waals surface area contributed by atoms with E-state index < -0.39 is 10.0 Å². The van der Waals surface area contributed by atoms with E-state index in [2.05, 4.69) is 17.5 Å². The lowest BCUT2D eigenvalue weighted by atomic mass is 9.94. The van der Waals surface area contributed by atoms with E-state index in [1.807, 2.05) is 0 Å². The number of primary sulfonamides is 1. The van der Waals surface area contributed by atoms with Gasteiger partial charge in [-0.15, -0.1) is 0 Å². The zero-order chi connectivity index (χ0) is 14.6. The maximum absolute atomic E-state index is 11.4. The van der Waals surface area contributed by atoms with Gasteiger partial charge in [0.1, 0.15) is 5.75 Å². The topological polar surface area (TPSA) is 81.4 Å². The van der Waals surface area contributed by atoms with Crippen molar-refractivity contribution in [2.24, 2.45) is 11.1 Å². The van der Waals surface area contributed by atoms with Crippen LogP contribution in [0.3, 0.4) is 0 Å². The van der Waals surface area contributed by atoms with Crippen LogP contribution < -0.4 is 15.2 Å². The van der Waals surface area contributed by atoms with Crippen LogP contribution in [0, 0.1) is 5.92 Å². The van der Waals surface area contributed by atoms with Crippen LogP contribution in [-0.4, -0.2) is 22.1 Å². The molecule has 1 atom stereocenters. The molecule has 1 aliphatic rings. The largest absolute Gasteiger partial charge is 0.495 e. The normalized spacial score (nSPS) is 18.8. The molecule has 0 radical (unpaired) electrons. The van der Waals surface area contributed by atoms with Crippen molar-refractivity contribution in [1.29, 1.82) is 0 Å². The summed E-state index contributed by atoms with van der Waals surface area (Å²) in [7, 11) is -2.14. The van der Waals surface area contributed by atoms with Gasteiger partial charge < -0.3 is 10.1 Å². The Morgan fingerprint density at radius 1 is 1.40 bits per heavy atom. The number of ether oxygens (including phenoxy) is 1. The van der Waals surface area contributed by atoms with E-state index in [9.17, 15) is 8.42 Å². The van der Waals surface area contributed by atoms with Gasteiger partial charge in [-0.1, -0.05) is 12.2 Å². The van der Waals surface area contributed by atoms with E-state index in [1.165, 1.54) is 12.1 Å². The molecule has 1 aromatic carbocycles. The number of allylic oxidation sites excluding steroid dienone is 2. The number of sulfonamides is 1. The molecule has 0 amide bonds. The molecule has 20 heavy (non-hydrogen) atoms. The quantitative estimate of drug-likeness (QED) is 0.815. The minimum Gasteiger partial charge on any atom is -0.495 e. The Labute approximate surface area is 119 Å². The molecular formula is C14H20N2O3S. The summed E-state index contributed by atoms with van der Waals surface area (Å²) in [5.41, 5.74) is 0.661. The van der Waals surface area contributed by atoms with E-state index >= 15 is 0 Å². The lowest BCUT2D eigenvalue weighted by Gasteiger charge is -2.20. The molecule has 0 saturated carbocycles. The smallest absolute Gasteiger partial charge is 0.238 e. The molecule has 0 fully saturated rings. The first kappa shape index (κ1) is 14.9. The van der Waals surface area contributed by atoms with Gasteiger partial charge in [0.25, 0.3) is 0 Å². The van der Waals surface area contributed by atoms with Crippen molar-refractivity contribution in [3.63, 3.8) is 0 Å². The number of nitrogens with two attached hydrogens (primary N) is 1. The van der Waals surface area contributed by atoms with Crippen molar-refractivity contribution < 1.29 is 13.2 Å². The summed E-state index contributed by atoms with van der Waals surface area (Å²) in [5, 5.41) is 8.42. The van der Waals surface area contributed by atoms with E-state index in [-0.39, 0.29) is 4.90 Å². The predicted molar refractivity (Wildman–Crippen MR) is 79.3 cm³/mol. The minimum atomic E-state index is -3.70. The van der Waals surface area contributed by atoms with Gasteiger partial charge in [0.05, 0.1) is 17.7 Å². The van der Waals surface area contributed by atoms with Gasteiger partial charge in [0.2, 0.25) is 10.0 Å². The number of hydrogen-bond donors (Lipinski definition) is 2. The third-order valence-electron chi connectivity index (χ3n) is 3.46. The Morgan fingerprint density at radius 2 is 2.20 bits per heavy atom. The lowest BCUT2D eigenvalue weighted by molar-refractivity contribution is 0.415. The number of anilines is 1. The molecule has 0 heterocycles. The first-order valence-corrected chi connectivity index (χ1v) is 8.15. The van der Waals surface area contributed by atoms with E-state index in [4.69, 9.17) is 9.88 Å². The van der Waals surface area contributed by atoms with Crippen LogP contribution in [0.25, 0.3) is 0 Å². The standard InChI is InChI=1S/C14H20N2O3S/c1-19-14-8-7-12(20(15,17)18)9-13(14)16-10-11-5-3-2-4-6-11/h2-3,7-9,11,16H,4-6,10H2,1H3,(H2,15,17,18). The number of methoxy groups -OCH3 is 1. The summed E-state index contributed by atoms with van der Waals surface area (Å²) in [4.78, 5) is 0.0874. The fourth-order valence-corrected chi connectivity index (χ4v) is 2.84. The number of rotatable bonds is 5. The maximum atomic E-state index is 11.4. The summed E-state index contributed by atoms with van der Waals surface area (Å²) in [6.45, 7) is 0.786. The number of nitrogens with one attached hydrogen (secondary N) is 1. The molecule has 1 unspecified atom stereocenters. The van der Waals surface area contributed by atoms with Crippen molar-refractivity contribution in [2.45, 2.75) is 24.2 Å². The SMILES string of the molecule is COc1ccc(S(N)(=O)=O)cc1NCC1CC=CCC1. The van der Waals surface area contributed by atoms with Gasteiger partial charge in [-0.05, 0) is 43.4 Å². The molecule has 110 valence electrons. The molecular weight excluding hydrogens is 276 g/mol. The highest BCUT2D eigenvalue weighted by Gasteiger charge is 2.14. The summed E-state index contributed by atoms with van der Waals surface area (Å²) in [6.07, 6.45) is 7.66. The summed E-state index contributed by atoms with van der Waals surface area (Å²) in [6, 6.07) is 4.58. The molecule has 0 bridgehead atoms. The van der Waals surface area contributed by atoms with Crippen molar-refractivity contribution in [3.05, 3.63) is 30.4 Å². The van der Waals surface area contributed by atoms with E-state index in [1.54, 1.807) is 13.2 Å². The van der Waals surface area contributed by atoms with Crippen LogP contribution in [0.15, 0.2) is 35.2 Å². The molecule has 0 aromatic heterocycles. The molecule has 3 N–H and O–H groups in total. The van der Waals surface area contributed by atoms with Gasteiger partial charge in [-0.2, -0.15) is 0 Å². The van der Waals surface area contributed by atoms with Crippen LogP contribution >= 0.6 is 0 Å². The Hall–Kier alpha value is -1.53. The first-order chi connectivity index (χ1) is 9.50. The second-order valence-corrected chi connectivity index (χ2v) is 6.50. The van der Waals surface area contributed by atoms with Gasteiger partial charge >= 0.3 is 0 Å². The van der Waals surface area contributed by atoms with Gasteiger partial charge in [-0.3, -0.25) is 0 Å². The third kappa shape index (κ3) is 3.74. The van der Waals surface area contributed by atoms with Crippen LogP contribution in [0.4, 0.5) is 5.69 Å². The van der Waals surface area contributed by atoms with Crippen LogP contribution in [0.1, 0.15) is 19.3 Å². The maximum Gasteiger partial charge on any atom is 0.238 e. The second-order valence-electron chi connectivity index (χ2n) is 4.94. The van der Waals surface area contributed by atoms with Crippen molar-refractivity contribution in [1.82, 2.24) is 0 Å². The molecule has 1 aromatic rings. The van der Waals surface area contributed by atoms with Crippen LogP contribution in [0.5, 0.6) is 5.75 Å². The van der Waals surface area contributed by atoms with Gasteiger partial charge in [0, 0.05) is 6.54 Å². The second kappa shape index (κ2) is 6.28. The van der Waals surface area contributed by atoms with Crippen LogP contribution in [0.2, 0.25) is 0 Å². The predicted octanol–water partition coefficient (Wildman–Crippen LogP) is 2.11. The molecule has 2 rings (SSSR count). The summed E-state index contributed by atoms with van der Waals surface area (Å²) >= 11 is 0. The molecule has 5 nitrogen and oxygen atoms in total. The minimum absolute atomic E-state index is 0.0874. The molecule has 0 saturated heterocycles. The molecule has 0 spiro atoms. The highest BCUT2D eigenvalue weighted by Crippen LogP contribution is 2.28. The summed E-state index contributed by atoms with van der Waals surface area (Å²) < 4.78 is 28.0. The zero-order valence-corrected chi connectivity index (χ0v) is 12.3. The average Bonchev–Trinajstić information content (AvgIpc) is 2.45. The monoisotopic (exact) mass is 296 g/mol. The zero-order valence-electron chi connectivity index (χ0n) is 11.5. The van der Waals surface area contributed by atoms with Gasteiger partial charge in [-0.25, -0.2) is 13.6 Å².